The molecule has 240 valence electrons. The average molecular weight is 640 g/mol. The Kier molecular flexibility index (Phi) is 9.92. The van der Waals surface area contributed by atoms with Crippen molar-refractivity contribution in [3.63, 3.8) is 0 Å². The van der Waals surface area contributed by atoms with Gasteiger partial charge in [0.25, 0.3) is 11.2 Å². The fourth-order valence-electron chi connectivity index (χ4n) is 5.46. The zero-order valence-electron chi connectivity index (χ0n) is 25.3. The minimum Gasteiger partial charge on any atom is -0.493 e. The first-order valence-electron chi connectivity index (χ1n) is 15.0. The van der Waals surface area contributed by atoms with Gasteiger partial charge in [0.15, 0.2) is 5.52 Å². The van der Waals surface area contributed by atoms with Crippen LogP contribution in [0.1, 0.15) is 37.9 Å². The van der Waals surface area contributed by atoms with Gasteiger partial charge in [-0.15, -0.1) is 0 Å². The van der Waals surface area contributed by atoms with Crippen molar-refractivity contribution in [1.82, 2.24) is 29.0 Å². The van der Waals surface area contributed by atoms with Crippen molar-refractivity contribution < 1.29 is 23.2 Å². The maximum absolute atomic E-state index is 13.7. The lowest BCUT2D eigenvalue weighted by Crippen LogP contribution is -2.49. The van der Waals surface area contributed by atoms with Crippen LogP contribution in [0.2, 0.25) is 0 Å². The summed E-state index contributed by atoms with van der Waals surface area (Å²) in [6.07, 6.45) is 1.93. The van der Waals surface area contributed by atoms with E-state index >= 15 is 0 Å². The number of aliphatic hydroxyl groups excluding tert-OH is 1. The molecule has 4 aromatic rings. The number of nitro benzene ring substituents is 1. The van der Waals surface area contributed by atoms with Crippen molar-refractivity contribution in [3.05, 3.63) is 74.2 Å². The Morgan fingerprint density at radius 2 is 1.84 bits per heavy atom. The monoisotopic (exact) mass is 639 g/mol. The van der Waals surface area contributed by atoms with Gasteiger partial charge in [0.2, 0.25) is 10.0 Å². The van der Waals surface area contributed by atoms with E-state index in [1.807, 2.05) is 18.7 Å². The quantitative estimate of drug-likeness (QED) is 0.163. The van der Waals surface area contributed by atoms with Gasteiger partial charge in [-0.25, -0.2) is 13.4 Å². The minimum absolute atomic E-state index is 0.00830. The summed E-state index contributed by atoms with van der Waals surface area (Å²) in [6, 6.07) is 10.8. The summed E-state index contributed by atoms with van der Waals surface area (Å²) in [5.41, 5.74) is 1.17. The number of fused-ring (bicyclic) bond motifs is 1. The number of aliphatic hydroxyl groups is 1. The summed E-state index contributed by atoms with van der Waals surface area (Å²) in [5.74, 6) is 0.501. The van der Waals surface area contributed by atoms with E-state index in [0.717, 1.165) is 0 Å². The molecule has 1 saturated heterocycles. The number of rotatable bonds is 13. The number of ether oxygens (including phenoxy) is 1. The lowest BCUT2D eigenvalue weighted by molar-refractivity contribution is -0.385. The fourth-order valence-corrected chi connectivity index (χ4v) is 6.91. The Balaban J connectivity index is 1.59. The third-order valence-electron chi connectivity index (χ3n) is 7.72. The highest BCUT2D eigenvalue weighted by molar-refractivity contribution is 7.89. The molecule has 45 heavy (non-hydrogen) atoms. The van der Waals surface area contributed by atoms with Gasteiger partial charge < -0.3 is 14.8 Å². The van der Waals surface area contributed by atoms with Gasteiger partial charge in [0, 0.05) is 38.8 Å². The predicted octanol–water partition coefficient (Wildman–Crippen LogP) is 2.78. The predicted molar refractivity (Wildman–Crippen MR) is 168 cm³/mol. The number of aryl methyl sites for hydroxylation is 1. The van der Waals surface area contributed by atoms with Gasteiger partial charge >= 0.3 is 0 Å². The largest absolute Gasteiger partial charge is 0.493 e. The van der Waals surface area contributed by atoms with Crippen molar-refractivity contribution in [2.45, 2.75) is 44.6 Å². The van der Waals surface area contributed by atoms with Crippen LogP contribution in [0.15, 0.2) is 52.2 Å². The van der Waals surface area contributed by atoms with Gasteiger partial charge in [-0.1, -0.05) is 38.5 Å². The number of H-pyrrole nitrogens is 1. The second kappa shape index (κ2) is 13.9. The normalized spacial score (nSPS) is 14.6. The molecule has 0 unspecified atom stereocenters. The molecule has 15 heteroatoms. The highest BCUT2D eigenvalue weighted by Gasteiger charge is 2.30. The van der Waals surface area contributed by atoms with E-state index in [4.69, 9.17) is 9.72 Å². The molecule has 1 fully saturated rings. The van der Waals surface area contributed by atoms with E-state index in [1.165, 1.54) is 27.2 Å². The van der Waals surface area contributed by atoms with E-state index in [0.29, 0.717) is 73.6 Å². The van der Waals surface area contributed by atoms with Gasteiger partial charge in [-0.3, -0.25) is 24.5 Å². The summed E-state index contributed by atoms with van der Waals surface area (Å²) in [5, 5.41) is 25.5. The molecule has 0 aliphatic carbocycles. The third-order valence-corrected chi connectivity index (χ3v) is 9.61. The lowest BCUT2D eigenvalue weighted by Gasteiger charge is -2.33. The van der Waals surface area contributed by atoms with Gasteiger partial charge in [0.1, 0.15) is 17.1 Å². The molecule has 5 rings (SSSR count). The van der Waals surface area contributed by atoms with E-state index < -0.39 is 20.5 Å². The molecule has 1 aliphatic heterocycles. The molecule has 0 amide bonds. The van der Waals surface area contributed by atoms with Gasteiger partial charge in [0.05, 0.1) is 46.4 Å². The van der Waals surface area contributed by atoms with Gasteiger partial charge in [-0.05, 0) is 31.0 Å². The van der Waals surface area contributed by atoms with Crippen LogP contribution in [-0.2, 0) is 23.0 Å². The van der Waals surface area contributed by atoms with Crippen LogP contribution in [-0.4, -0.2) is 93.3 Å². The molecular weight excluding hydrogens is 602 g/mol. The number of nitrogens with zero attached hydrogens (tertiary/aromatic N) is 6. The second-order valence-corrected chi connectivity index (χ2v) is 12.8. The molecule has 2 aromatic heterocycles. The second-order valence-electron chi connectivity index (χ2n) is 10.8. The van der Waals surface area contributed by atoms with Crippen molar-refractivity contribution >= 4 is 26.7 Å². The molecule has 0 spiro atoms. The molecule has 3 heterocycles. The number of nitrogens with one attached hydrogen (secondary N) is 1. The topological polar surface area (TPSA) is 177 Å². The number of aromatic amines is 1. The number of hydrogen-bond acceptors (Lipinski definition) is 10. The summed E-state index contributed by atoms with van der Waals surface area (Å²) in [4.78, 5) is 34.5. The van der Waals surface area contributed by atoms with Crippen molar-refractivity contribution in [2.24, 2.45) is 0 Å². The molecule has 0 radical (unpaired) electrons. The maximum Gasteiger partial charge on any atom is 0.277 e. The smallest absolute Gasteiger partial charge is 0.277 e. The minimum atomic E-state index is -3.88. The maximum atomic E-state index is 13.7. The molecule has 0 bridgehead atoms. The number of sulfonamides is 1. The number of para-hydroxylation sites is 1. The first-order chi connectivity index (χ1) is 21.7. The van der Waals surface area contributed by atoms with Crippen LogP contribution in [0.3, 0.4) is 0 Å². The van der Waals surface area contributed by atoms with E-state index in [1.54, 1.807) is 24.3 Å². The molecule has 2 N–H and O–H groups in total. The lowest BCUT2D eigenvalue weighted by atomic mass is 10.1. The fraction of sp³-hybridized carbons (Fsp3) is 0.433. The van der Waals surface area contributed by atoms with Crippen LogP contribution >= 0.6 is 0 Å². The first-order valence-corrected chi connectivity index (χ1v) is 16.4. The Hall–Kier alpha value is -4.18. The zero-order valence-corrected chi connectivity index (χ0v) is 26.1. The Morgan fingerprint density at radius 1 is 1.09 bits per heavy atom. The standard InChI is InChI=1S/C30H37N7O7S/c1-3-7-24-27-28(36(33-24)20-21-8-5-6-9-25(21)37(40)41)30(39)32-29(31-27)23-19-22(10-11-26(23)44-18-4-2)45(42,43)35-14-12-34(13-15-35)16-17-38/h5-6,8-11,19,38H,3-4,7,12-18,20H2,1-2H3,(H,31,32,39). The van der Waals surface area contributed by atoms with Crippen LogP contribution in [0.5, 0.6) is 5.75 Å². The number of piperazine rings is 1. The highest BCUT2D eigenvalue weighted by atomic mass is 32.2. The molecule has 1 aliphatic rings. The van der Waals surface area contributed by atoms with Crippen molar-refractivity contribution in [2.75, 3.05) is 45.9 Å². The summed E-state index contributed by atoms with van der Waals surface area (Å²) in [7, 11) is -3.88. The summed E-state index contributed by atoms with van der Waals surface area (Å²) >= 11 is 0. The van der Waals surface area contributed by atoms with Crippen molar-refractivity contribution in [1.29, 1.82) is 0 Å². The highest BCUT2D eigenvalue weighted by Crippen LogP contribution is 2.33. The molecule has 0 atom stereocenters. The van der Waals surface area contributed by atoms with Gasteiger partial charge in [-0.2, -0.15) is 9.40 Å². The molecule has 2 aromatic carbocycles. The average Bonchev–Trinajstić information content (AvgIpc) is 3.37. The van der Waals surface area contributed by atoms with Crippen LogP contribution in [0.25, 0.3) is 22.4 Å². The van der Waals surface area contributed by atoms with Crippen LogP contribution in [0.4, 0.5) is 5.69 Å². The Labute approximate surface area is 260 Å². The zero-order chi connectivity index (χ0) is 32.1. The number of aromatic nitrogens is 4. The summed E-state index contributed by atoms with van der Waals surface area (Å²) in [6.45, 7) is 6.35. The van der Waals surface area contributed by atoms with E-state index in [-0.39, 0.29) is 48.2 Å². The Bertz CT molecular complexity index is 1850. The molecule has 14 nitrogen and oxygen atoms in total. The molecule has 0 saturated carbocycles. The van der Waals surface area contributed by atoms with E-state index in [9.17, 15) is 28.4 Å². The summed E-state index contributed by atoms with van der Waals surface area (Å²) < 4.78 is 36.2. The SMILES string of the molecule is CCCOc1ccc(S(=O)(=O)N2CCN(CCO)CC2)cc1-c1nc2c(CCC)nn(Cc3ccccc3[N+](=O)[O-])c2c(=O)[nH]1. The Morgan fingerprint density at radius 3 is 2.53 bits per heavy atom. The first kappa shape index (κ1) is 32.2. The van der Waals surface area contributed by atoms with Crippen molar-refractivity contribution in [3.8, 4) is 17.1 Å². The van der Waals surface area contributed by atoms with E-state index in [2.05, 4.69) is 10.1 Å². The van der Waals surface area contributed by atoms with Crippen LogP contribution in [0, 0.1) is 10.1 Å². The van der Waals surface area contributed by atoms with Crippen LogP contribution < -0.4 is 10.3 Å². The third kappa shape index (κ3) is 6.76. The number of benzene rings is 2. The molecular formula is C30H37N7O7S. The number of β-amino-alcohol motifs (C(OH)–C–C–N with tert-alkyl or cyclic N) is 1. The number of nitro groups is 1. The number of hydrogen-bond donors (Lipinski definition) is 2.